The molecule has 1 saturated heterocycles. The van der Waals surface area contributed by atoms with Crippen molar-refractivity contribution in [1.29, 1.82) is 0 Å². The number of aromatic nitrogens is 3. The molecule has 1 aliphatic carbocycles. The SMILES string of the molecule is Cc1ccc2nc(NC3CCN(C4CC4)C3)nn2c1. The van der Waals surface area contributed by atoms with Crippen molar-refractivity contribution in [3.05, 3.63) is 23.9 Å². The predicted octanol–water partition coefficient (Wildman–Crippen LogP) is 1.69. The van der Waals surface area contributed by atoms with Crippen molar-refractivity contribution in [3.63, 3.8) is 0 Å². The lowest BCUT2D eigenvalue weighted by Gasteiger charge is -2.14. The number of rotatable bonds is 3. The third-order valence-corrected chi connectivity index (χ3v) is 4.10. The molecule has 0 radical (unpaired) electrons. The van der Waals surface area contributed by atoms with E-state index in [0.29, 0.717) is 6.04 Å². The molecule has 4 rings (SSSR count). The van der Waals surface area contributed by atoms with Crippen LogP contribution in [0.2, 0.25) is 0 Å². The molecule has 19 heavy (non-hydrogen) atoms. The van der Waals surface area contributed by atoms with E-state index >= 15 is 0 Å². The number of anilines is 1. The van der Waals surface area contributed by atoms with Crippen molar-refractivity contribution in [3.8, 4) is 0 Å². The van der Waals surface area contributed by atoms with Crippen LogP contribution in [0, 0.1) is 6.92 Å². The van der Waals surface area contributed by atoms with Crippen LogP contribution in [0.25, 0.3) is 5.65 Å². The molecular formula is C14H19N5. The van der Waals surface area contributed by atoms with E-state index in [-0.39, 0.29) is 0 Å². The molecule has 0 aromatic carbocycles. The molecule has 2 aromatic rings. The first-order valence-corrected chi connectivity index (χ1v) is 7.11. The summed E-state index contributed by atoms with van der Waals surface area (Å²) in [5.74, 6) is 0.758. The highest BCUT2D eigenvalue weighted by Gasteiger charge is 2.34. The molecule has 1 atom stereocenters. The summed E-state index contributed by atoms with van der Waals surface area (Å²) in [6.07, 6.45) is 5.99. The van der Waals surface area contributed by atoms with Crippen molar-refractivity contribution >= 4 is 11.6 Å². The zero-order valence-corrected chi connectivity index (χ0v) is 11.2. The highest BCUT2D eigenvalue weighted by atomic mass is 15.4. The first-order valence-electron chi connectivity index (χ1n) is 7.11. The molecule has 5 heteroatoms. The van der Waals surface area contributed by atoms with E-state index in [4.69, 9.17) is 0 Å². The minimum Gasteiger partial charge on any atom is -0.349 e. The fourth-order valence-corrected chi connectivity index (χ4v) is 2.91. The minimum absolute atomic E-state index is 0.499. The van der Waals surface area contributed by atoms with Gasteiger partial charge < -0.3 is 5.32 Å². The van der Waals surface area contributed by atoms with Crippen molar-refractivity contribution in [2.45, 2.75) is 38.3 Å². The summed E-state index contributed by atoms with van der Waals surface area (Å²) in [4.78, 5) is 7.12. The quantitative estimate of drug-likeness (QED) is 0.909. The molecule has 2 aromatic heterocycles. The van der Waals surface area contributed by atoms with Crippen LogP contribution in [-0.4, -0.2) is 44.7 Å². The molecule has 100 valence electrons. The van der Waals surface area contributed by atoms with Gasteiger partial charge in [0.1, 0.15) is 0 Å². The Morgan fingerprint density at radius 1 is 1.26 bits per heavy atom. The van der Waals surface area contributed by atoms with Gasteiger partial charge in [-0.25, -0.2) is 4.52 Å². The number of fused-ring (bicyclic) bond motifs is 1. The fraction of sp³-hybridized carbons (Fsp3) is 0.571. The average molecular weight is 257 g/mol. The summed E-state index contributed by atoms with van der Waals surface area (Å²) in [6, 6.07) is 5.44. The highest BCUT2D eigenvalue weighted by molar-refractivity contribution is 5.44. The first-order chi connectivity index (χ1) is 9.28. The van der Waals surface area contributed by atoms with Crippen molar-refractivity contribution in [2.24, 2.45) is 0 Å². The first kappa shape index (κ1) is 11.2. The van der Waals surface area contributed by atoms with Gasteiger partial charge in [0.15, 0.2) is 5.65 Å². The van der Waals surface area contributed by atoms with E-state index < -0.39 is 0 Å². The Morgan fingerprint density at radius 3 is 3.00 bits per heavy atom. The van der Waals surface area contributed by atoms with E-state index in [1.54, 1.807) is 0 Å². The van der Waals surface area contributed by atoms with Crippen molar-refractivity contribution < 1.29 is 0 Å². The molecule has 2 fully saturated rings. The van der Waals surface area contributed by atoms with Gasteiger partial charge in [0.2, 0.25) is 5.95 Å². The number of nitrogens with zero attached hydrogens (tertiary/aromatic N) is 4. The van der Waals surface area contributed by atoms with Crippen LogP contribution in [0.1, 0.15) is 24.8 Å². The Kier molecular flexibility index (Phi) is 2.48. The second-order valence-electron chi connectivity index (χ2n) is 5.80. The maximum atomic E-state index is 4.53. The Hall–Kier alpha value is -1.62. The lowest BCUT2D eigenvalue weighted by Crippen LogP contribution is -2.28. The molecule has 1 unspecified atom stereocenters. The second kappa shape index (κ2) is 4.20. The number of nitrogens with one attached hydrogen (secondary N) is 1. The maximum Gasteiger partial charge on any atom is 0.243 e. The summed E-state index contributed by atoms with van der Waals surface area (Å²) >= 11 is 0. The second-order valence-corrected chi connectivity index (χ2v) is 5.80. The predicted molar refractivity (Wildman–Crippen MR) is 74.3 cm³/mol. The third-order valence-electron chi connectivity index (χ3n) is 4.10. The van der Waals surface area contributed by atoms with Crippen LogP contribution in [0.5, 0.6) is 0 Å². The van der Waals surface area contributed by atoms with Gasteiger partial charge in [-0.2, -0.15) is 4.98 Å². The summed E-state index contributed by atoms with van der Waals surface area (Å²) in [7, 11) is 0. The molecule has 0 bridgehead atoms. The number of pyridine rings is 1. The largest absolute Gasteiger partial charge is 0.349 e. The zero-order valence-electron chi connectivity index (χ0n) is 11.2. The Labute approximate surface area is 112 Å². The monoisotopic (exact) mass is 257 g/mol. The summed E-state index contributed by atoms with van der Waals surface area (Å²) in [5, 5.41) is 7.98. The molecule has 0 spiro atoms. The average Bonchev–Trinajstić information content (AvgIpc) is 3.01. The van der Waals surface area contributed by atoms with Gasteiger partial charge in [0.25, 0.3) is 0 Å². The lowest BCUT2D eigenvalue weighted by molar-refractivity contribution is 0.326. The highest BCUT2D eigenvalue weighted by Crippen LogP contribution is 2.30. The number of aryl methyl sites for hydroxylation is 1. The van der Waals surface area contributed by atoms with E-state index in [0.717, 1.165) is 24.2 Å². The number of likely N-dealkylation sites (tertiary alicyclic amines) is 1. The molecule has 5 nitrogen and oxygen atoms in total. The van der Waals surface area contributed by atoms with Gasteiger partial charge in [-0.05, 0) is 37.8 Å². The number of hydrogen-bond acceptors (Lipinski definition) is 4. The van der Waals surface area contributed by atoms with Crippen molar-refractivity contribution in [1.82, 2.24) is 19.5 Å². The van der Waals surface area contributed by atoms with Crippen LogP contribution >= 0.6 is 0 Å². The van der Waals surface area contributed by atoms with Gasteiger partial charge in [-0.1, -0.05) is 6.07 Å². The fourth-order valence-electron chi connectivity index (χ4n) is 2.91. The minimum atomic E-state index is 0.499. The molecule has 0 amide bonds. The summed E-state index contributed by atoms with van der Waals surface area (Å²) in [6.45, 7) is 4.42. The van der Waals surface area contributed by atoms with Crippen LogP contribution < -0.4 is 5.32 Å². The van der Waals surface area contributed by atoms with Crippen LogP contribution in [0.3, 0.4) is 0 Å². The van der Waals surface area contributed by atoms with Gasteiger partial charge in [0.05, 0.1) is 0 Å². The van der Waals surface area contributed by atoms with Crippen LogP contribution in [-0.2, 0) is 0 Å². The lowest BCUT2D eigenvalue weighted by atomic mass is 10.3. The Bertz CT molecular complexity index is 601. The molecule has 1 saturated carbocycles. The van der Waals surface area contributed by atoms with Gasteiger partial charge in [0, 0.05) is 31.4 Å². The maximum absolute atomic E-state index is 4.53. The zero-order chi connectivity index (χ0) is 12.8. The molecule has 1 aliphatic heterocycles. The third kappa shape index (κ3) is 2.18. The topological polar surface area (TPSA) is 45.5 Å². The van der Waals surface area contributed by atoms with Crippen LogP contribution in [0.4, 0.5) is 5.95 Å². The van der Waals surface area contributed by atoms with Gasteiger partial charge in [-0.3, -0.25) is 4.90 Å². The molecule has 2 aliphatic rings. The smallest absolute Gasteiger partial charge is 0.243 e. The van der Waals surface area contributed by atoms with Crippen molar-refractivity contribution in [2.75, 3.05) is 18.4 Å². The number of hydrogen-bond donors (Lipinski definition) is 1. The molecular weight excluding hydrogens is 238 g/mol. The van der Waals surface area contributed by atoms with Crippen LogP contribution in [0.15, 0.2) is 18.3 Å². The summed E-state index contributed by atoms with van der Waals surface area (Å²) in [5.41, 5.74) is 2.11. The van der Waals surface area contributed by atoms with E-state index in [1.165, 1.54) is 31.4 Å². The Balaban J connectivity index is 1.48. The van der Waals surface area contributed by atoms with Gasteiger partial charge >= 0.3 is 0 Å². The van der Waals surface area contributed by atoms with E-state index in [1.807, 2.05) is 16.8 Å². The molecule has 1 N–H and O–H groups in total. The Morgan fingerprint density at radius 2 is 2.16 bits per heavy atom. The normalized spacial score (nSPS) is 24.2. The van der Waals surface area contributed by atoms with E-state index in [2.05, 4.69) is 33.3 Å². The van der Waals surface area contributed by atoms with E-state index in [9.17, 15) is 0 Å². The van der Waals surface area contributed by atoms with Gasteiger partial charge in [-0.15, -0.1) is 5.10 Å². The standard InChI is InChI=1S/C14H19N5/c1-10-2-5-13-16-14(17-19(13)8-10)15-11-6-7-18(9-11)12-3-4-12/h2,5,8,11-12H,3-4,6-7,9H2,1H3,(H,15,17). The summed E-state index contributed by atoms with van der Waals surface area (Å²) < 4.78 is 1.85. The molecule has 3 heterocycles.